The zero-order chi connectivity index (χ0) is 15.3. The minimum atomic E-state index is -1.85. The van der Waals surface area contributed by atoms with E-state index in [0.717, 1.165) is 6.42 Å². The summed E-state index contributed by atoms with van der Waals surface area (Å²) in [6.45, 7) is 8.50. The molecule has 0 saturated heterocycles. The molecule has 2 atom stereocenters. The molecule has 0 spiro atoms. The van der Waals surface area contributed by atoms with Crippen LogP contribution in [0.1, 0.15) is 19.3 Å². The topological polar surface area (TPSA) is 0 Å². The van der Waals surface area contributed by atoms with Gasteiger partial charge in [-0.25, -0.2) is 0 Å². The Morgan fingerprint density at radius 3 is 2.15 bits per heavy atom. The molecular formula is C19H24Si. The summed E-state index contributed by atoms with van der Waals surface area (Å²) >= 11 is 0. The molecule has 0 fully saturated rings. The fourth-order valence-electron chi connectivity index (χ4n) is 2.65. The number of rotatable bonds is 6. The first-order valence-electron chi connectivity index (χ1n) is 7.78. The summed E-state index contributed by atoms with van der Waals surface area (Å²) in [5.41, 5.74) is 1.26. The van der Waals surface area contributed by atoms with Gasteiger partial charge in [0.05, 0.1) is 8.07 Å². The highest BCUT2D eigenvalue weighted by molar-refractivity contribution is 6.89. The van der Waals surface area contributed by atoms with Crippen molar-refractivity contribution in [3.05, 3.63) is 78.9 Å². The minimum Gasteiger partial charge on any atom is -0.103 e. The van der Waals surface area contributed by atoms with Crippen molar-refractivity contribution in [3.8, 4) is 0 Å². The van der Waals surface area contributed by atoms with E-state index in [0.29, 0.717) is 0 Å². The smallest absolute Gasteiger partial charge is 0.0812 e. The van der Waals surface area contributed by atoms with E-state index in [4.69, 9.17) is 1.37 Å². The third-order valence-corrected chi connectivity index (χ3v) is 6.84. The standard InChI is InChI=1S/C19H24Si/c1-4-11-18(17-12-7-5-8-13-17)16-20(2,3)19-14-9-6-10-15-19/h4-10,12-15,18H,1,11,16H2,2-3H3/t18-/m1/s1/i16D/t16-,18-. The molecule has 0 heterocycles. The Hall–Kier alpha value is -1.60. The summed E-state index contributed by atoms with van der Waals surface area (Å²) in [5.74, 6) is 0.227. The van der Waals surface area contributed by atoms with Gasteiger partial charge in [-0.1, -0.05) is 85.0 Å². The van der Waals surface area contributed by atoms with E-state index in [-0.39, 0.29) is 11.9 Å². The normalized spacial score (nSPS) is 15.2. The molecule has 0 unspecified atom stereocenters. The molecule has 0 aliphatic rings. The lowest BCUT2D eigenvalue weighted by Gasteiger charge is -2.28. The Bertz CT molecular complexity index is 563. The SMILES string of the molecule is [2H][C@H]([C@@H](CC=C)c1ccccc1)[Si](C)(C)c1ccccc1. The van der Waals surface area contributed by atoms with Crippen LogP contribution in [0.25, 0.3) is 0 Å². The fourth-order valence-corrected chi connectivity index (χ4v) is 5.23. The Kier molecular flexibility index (Phi) is 4.49. The van der Waals surface area contributed by atoms with Crippen molar-refractivity contribution in [3.63, 3.8) is 0 Å². The van der Waals surface area contributed by atoms with Gasteiger partial charge in [0.15, 0.2) is 0 Å². The molecule has 104 valence electrons. The van der Waals surface area contributed by atoms with Gasteiger partial charge in [0, 0.05) is 1.37 Å². The van der Waals surface area contributed by atoms with E-state index in [9.17, 15) is 0 Å². The molecule has 0 N–H and O–H groups in total. The van der Waals surface area contributed by atoms with Gasteiger partial charge in [0.2, 0.25) is 0 Å². The van der Waals surface area contributed by atoms with Gasteiger partial charge >= 0.3 is 0 Å². The third-order valence-electron chi connectivity index (χ3n) is 3.78. The average Bonchev–Trinajstić information content (AvgIpc) is 2.53. The molecule has 2 aromatic carbocycles. The van der Waals surface area contributed by atoms with E-state index in [1.165, 1.54) is 10.8 Å². The van der Waals surface area contributed by atoms with E-state index in [1.54, 1.807) is 0 Å². The molecule has 2 rings (SSSR count). The van der Waals surface area contributed by atoms with Crippen LogP contribution in [-0.4, -0.2) is 8.07 Å². The zero-order valence-electron chi connectivity index (χ0n) is 13.4. The van der Waals surface area contributed by atoms with Crippen LogP contribution in [0.15, 0.2) is 73.3 Å². The lowest BCUT2D eigenvalue weighted by molar-refractivity contribution is 0.768. The van der Waals surface area contributed by atoms with Crippen molar-refractivity contribution in [1.82, 2.24) is 0 Å². The van der Waals surface area contributed by atoms with Crippen molar-refractivity contribution in [2.24, 2.45) is 0 Å². The average molecular weight is 281 g/mol. The summed E-state index contributed by atoms with van der Waals surface area (Å²) in [4.78, 5) is 0. The summed E-state index contributed by atoms with van der Waals surface area (Å²) in [6.07, 6.45) is 2.82. The zero-order valence-corrected chi connectivity index (χ0v) is 13.4. The van der Waals surface area contributed by atoms with E-state index in [1.807, 2.05) is 18.2 Å². The second kappa shape index (κ2) is 6.71. The largest absolute Gasteiger partial charge is 0.103 e. The van der Waals surface area contributed by atoms with Crippen molar-refractivity contribution >= 4 is 13.3 Å². The molecule has 0 amide bonds. The van der Waals surface area contributed by atoms with Crippen LogP contribution in [0.4, 0.5) is 0 Å². The predicted octanol–water partition coefficient (Wildman–Crippen LogP) is 4.96. The molecule has 20 heavy (non-hydrogen) atoms. The molecule has 0 aromatic heterocycles. The van der Waals surface area contributed by atoms with Crippen LogP contribution in [0.2, 0.25) is 19.1 Å². The fraction of sp³-hybridized carbons (Fsp3) is 0.263. The molecule has 0 aliphatic heterocycles. The summed E-state index contributed by atoms with van der Waals surface area (Å²) < 4.78 is 8.92. The maximum atomic E-state index is 8.92. The summed E-state index contributed by atoms with van der Waals surface area (Å²) in [7, 11) is -1.85. The lowest BCUT2D eigenvalue weighted by atomic mass is 9.98. The highest BCUT2D eigenvalue weighted by atomic mass is 28.3. The summed E-state index contributed by atoms with van der Waals surface area (Å²) in [5, 5.41) is 1.36. The van der Waals surface area contributed by atoms with Crippen molar-refractivity contribution in [2.45, 2.75) is 31.5 Å². The lowest BCUT2D eigenvalue weighted by Crippen LogP contribution is -2.42. The Morgan fingerprint density at radius 1 is 1.05 bits per heavy atom. The van der Waals surface area contributed by atoms with Crippen LogP contribution in [0.3, 0.4) is 0 Å². The maximum absolute atomic E-state index is 8.92. The second-order valence-electron chi connectivity index (χ2n) is 5.80. The van der Waals surface area contributed by atoms with Gasteiger partial charge in [0.25, 0.3) is 0 Å². The van der Waals surface area contributed by atoms with Gasteiger partial charge in [-0.05, 0) is 23.9 Å². The second-order valence-corrected chi connectivity index (χ2v) is 10.1. The Labute approximate surface area is 125 Å². The van der Waals surface area contributed by atoms with Gasteiger partial charge in [-0.2, -0.15) is 0 Å². The van der Waals surface area contributed by atoms with E-state index >= 15 is 0 Å². The Balaban J connectivity index is 2.34. The summed E-state index contributed by atoms with van der Waals surface area (Å²) in [6, 6.07) is 21.0. The quantitative estimate of drug-likeness (QED) is 0.518. The van der Waals surface area contributed by atoms with Crippen LogP contribution in [-0.2, 0) is 0 Å². The molecule has 2 aromatic rings. The monoisotopic (exact) mass is 281 g/mol. The molecule has 0 nitrogen and oxygen atoms in total. The van der Waals surface area contributed by atoms with Crippen LogP contribution in [0.5, 0.6) is 0 Å². The van der Waals surface area contributed by atoms with Gasteiger partial charge in [-0.3, -0.25) is 0 Å². The molecule has 0 aliphatic carbocycles. The van der Waals surface area contributed by atoms with Crippen LogP contribution in [0, 0.1) is 0 Å². The van der Waals surface area contributed by atoms with Crippen molar-refractivity contribution in [1.29, 1.82) is 0 Å². The highest BCUT2D eigenvalue weighted by Gasteiger charge is 2.27. The maximum Gasteiger partial charge on any atom is 0.0812 e. The molecule has 0 saturated carbocycles. The van der Waals surface area contributed by atoms with E-state index < -0.39 is 8.07 Å². The van der Waals surface area contributed by atoms with Crippen molar-refractivity contribution in [2.75, 3.05) is 0 Å². The van der Waals surface area contributed by atoms with Gasteiger partial charge in [0.1, 0.15) is 0 Å². The number of hydrogen-bond acceptors (Lipinski definition) is 0. The van der Waals surface area contributed by atoms with Gasteiger partial charge < -0.3 is 0 Å². The number of allylic oxidation sites excluding steroid dienone is 1. The molecule has 1 heteroatoms. The van der Waals surface area contributed by atoms with Gasteiger partial charge in [-0.15, -0.1) is 6.58 Å². The molecule has 0 radical (unpaired) electrons. The minimum absolute atomic E-state index is 0.0831. The first-order chi connectivity index (χ1) is 10.1. The third kappa shape index (κ3) is 3.70. The van der Waals surface area contributed by atoms with Crippen molar-refractivity contribution < 1.29 is 1.37 Å². The molecular weight excluding hydrogens is 256 g/mol. The number of hydrogen-bond donors (Lipinski definition) is 0. The number of benzene rings is 2. The van der Waals surface area contributed by atoms with E-state index in [2.05, 4.69) is 68.2 Å². The Morgan fingerprint density at radius 2 is 1.60 bits per heavy atom. The highest BCUT2D eigenvalue weighted by Crippen LogP contribution is 2.29. The first-order valence-corrected chi connectivity index (χ1v) is 10.3. The van der Waals surface area contributed by atoms with Crippen LogP contribution >= 0.6 is 0 Å². The first kappa shape index (κ1) is 13.4. The van der Waals surface area contributed by atoms with Crippen LogP contribution < -0.4 is 5.19 Å². The molecule has 0 bridgehead atoms. The predicted molar refractivity (Wildman–Crippen MR) is 92.4 cm³/mol.